The molecule has 0 spiro atoms. The Balaban J connectivity index is 1.96. The maximum absolute atomic E-state index is 12.3. The second-order valence-electron chi connectivity index (χ2n) is 4.26. The van der Waals surface area contributed by atoms with Crippen molar-refractivity contribution in [1.82, 2.24) is 4.98 Å². The van der Waals surface area contributed by atoms with Gasteiger partial charge in [0, 0.05) is 12.2 Å². The van der Waals surface area contributed by atoms with E-state index in [1.54, 1.807) is 4.90 Å². The molecule has 1 aromatic heterocycles. The van der Waals surface area contributed by atoms with Crippen LogP contribution in [0, 0.1) is 0 Å². The van der Waals surface area contributed by atoms with Gasteiger partial charge in [-0.25, -0.2) is 0 Å². The highest BCUT2D eigenvalue weighted by Gasteiger charge is 2.25. The maximum Gasteiger partial charge on any atom is 0.292 e. The largest absolute Gasteiger partial charge is 0.431 e. The third-order valence-electron chi connectivity index (χ3n) is 3.10. The summed E-state index contributed by atoms with van der Waals surface area (Å²) in [7, 11) is 0. The highest BCUT2D eigenvalue weighted by molar-refractivity contribution is 6.05. The normalized spacial score (nSPS) is 14.3. The number of carbonyl (C=O) groups is 1. The summed E-state index contributed by atoms with van der Waals surface area (Å²) in [5.41, 5.74) is 7.79. The number of rotatable bonds is 1. The van der Waals surface area contributed by atoms with Gasteiger partial charge >= 0.3 is 0 Å². The van der Waals surface area contributed by atoms with E-state index in [1.807, 2.05) is 24.3 Å². The summed E-state index contributed by atoms with van der Waals surface area (Å²) in [6.07, 6.45) is 3.26. The molecule has 1 aromatic carbocycles. The van der Waals surface area contributed by atoms with E-state index in [1.165, 1.54) is 11.8 Å². The van der Waals surface area contributed by atoms with Gasteiger partial charge in [0.15, 0.2) is 5.69 Å². The molecule has 0 aliphatic carbocycles. The van der Waals surface area contributed by atoms with Gasteiger partial charge in [-0.2, -0.15) is 4.98 Å². The molecule has 0 atom stereocenters. The topological polar surface area (TPSA) is 72.4 Å². The number of aromatic nitrogens is 1. The average Bonchev–Trinajstić information content (AvgIpc) is 2.84. The SMILES string of the molecule is Nc1nc(C(=O)N2CCCc3ccccc32)co1. The highest BCUT2D eigenvalue weighted by atomic mass is 16.4. The Morgan fingerprint density at radius 2 is 2.22 bits per heavy atom. The van der Waals surface area contributed by atoms with Gasteiger partial charge in [-0.05, 0) is 24.5 Å². The van der Waals surface area contributed by atoms with Gasteiger partial charge in [-0.3, -0.25) is 4.79 Å². The zero-order valence-corrected chi connectivity index (χ0v) is 9.80. The Hall–Kier alpha value is -2.30. The van der Waals surface area contributed by atoms with Gasteiger partial charge < -0.3 is 15.1 Å². The second kappa shape index (κ2) is 4.18. The van der Waals surface area contributed by atoms with E-state index in [9.17, 15) is 4.79 Å². The fourth-order valence-electron chi connectivity index (χ4n) is 2.27. The molecule has 5 nitrogen and oxygen atoms in total. The van der Waals surface area contributed by atoms with Crippen molar-refractivity contribution in [3.8, 4) is 0 Å². The number of para-hydroxylation sites is 1. The molecular formula is C13H13N3O2. The molecule has 1 aliphatic heterocycles. The minimum Gasteiger partial charge on any atom is -0.431 e. The van der Waals surface area contributed by atoms with Gasteiger partial charge in [0.2, 0.25) is 0 Å². The van der Waals surface area contributed by atoms with E-state index in [4.69, 9.17) is 10.2 Å². The number of fused-ring (bicyclic) bond motifs is 1. The predicted molar refractivity (Wildman–Crippen MR) is 67.4 cm³/mol. The standard InChI is InChI=1S/C13H13N3O2/c14-13-15-10(8-18-13)12(17)16-7-3-5-9-4-1-2-6-11(9)16/h1-2,4,6,8H,3,5,7H2,(H2,14,15). The lowest BCUT2D eigenvalue weighted by Gasteiger charge is -2.28. The summed E-state index contributed by atoms with van der Waals surface area (Å²) in [4.78, 5) is 17.9. The Kier molecular flexibility index (Phi) is 2.51. The van der Waals surface area contributed by atoms with Crippen LogP contribution in [0.4, 0.5) is 11.7 Å². The summed E-state index contributed by atoms with van der Waals surface area (Å²) in [5.74, 6) is -0.164. The smallest absolute Gasteiger partial charge is 0.292 e. The first-order valence-electron chi connectivity index (χ1n) is 5.86. The van der Waals surface area contributed by atoms with Crippen molar-refractivity contribution < 1.29 is 9.21 Å². The van der Waals surface area contributed by atoms with Crippen LogP contribution in [-0.4, -0.2) is 17.4 Å². The minimum absolute atomic E-state index is 0.0173. The zero-order chi connectivity index (χ0) is 12.5. The molecule has 92 valence electrons. The molecule has 2 N–H and O–H groups in total. The second-order valence-corrected chi connectivity index (χ2v) is 4.26. The quantitative estimate of drug-likeness (QED) is 0.829. The molecule has 1 aliphatic rings. The highest BCUT2D eigenvalue weighted by Crippen LogP contribution is 2.27. The lowest BCUT2D eigenvalue weighted by Crippen LogP contribution is -2.35. The lowest BCUT2D eigenvalue weighted by molar-refractivity contribution is 0.0980. The summed E-state index contributed by atoms with van der Waals surface area (Å²) < 4.78 is 4.88. The minimum atomic E-state index is -0.164. The molecule has 3 rings (SSSR count). The van der Waals surface area contributed by atoms with E-state index in [-0.39, 0.29) is 17.6 Å². The number of anilines is 2. The Bertz CT molecular complexity index is 591. The molecule has 18 heavy (non-hydrogen) atoms. The average molecular weight is 243 g/mol. The molecule has 2 aromatic rings. The van der Waals surface area contributed by atoms with Crippen LogP contribution in [-0.2, 0) is 6.42 Å². The summed E-state index contributed by atoms with van der Waals surface area (Å²) >= 11 is 0. The fraction of sp³-hybridized carbons (Fsp3) is 0.231. The molecule has 0 bridgehead atoms. The van der Waals surface area contributed by atoms with E-state index in [2.05, 4.69) is 4.98 Å². The molecule has 2 heterocycles. The van der Waals surface area contributed by atoms with Crippen LogP contribution >= 0.6 is 0 Å². The first kappa shape index (κ1) is 10.8. The molecule has 0 saturated heterocycles. The van der Waals surface area contributed by atoms with Gasteiger partial charge in [0.1, 0.15) is 6.26 Å². The predicted octanol–water partition coefficient (Wildman–Crippen LogP) is 1.85. The van der Waals surface area contributed by atoms with Crippen LogP contribution < -0.4 is 10.6 Å². The van der Waals surface area contributed by atoms with Crippen molar-refractivity contribution in [2.75, 3.05) is 17.2 Å². The number of benzene rings is 1. The van der Waals surface area contributed by atoms with E-state index in [0.29, 0.717) is 6.54 Å². The van der Waals surface area contributed by atoms with Gasteiger partial charge in [0.25, 0.3) is 11.9 Å². The van der Waals surface area contributed by atoms with Crippen LogP contribution in [0.25, 0.3) is 0 Å². The first-order chi connectivity index (χ1) is 8.75. The number of hydrogen-bond donors (Lipinski definition) is 1. The lowest BCUT2D eigenvalue weighted by atomic mass is 10.0. The van der Waals surface area contributed by atoms with E-state index < -0.39 is 0 Å². The Labute approximate surface area is 104 Å². The van der Waals surface area contributed by atoms with E-state index >= 15 is 0 Å². The van der Waals surface area contributed by atoms with Crippen LogP contribution in [0.5, 0.6) is 0 Å². The van der Waals surface area contributed by atoms with E-state index in [0.717, 1.165) is 18.5 Å². The third-order valence-corrected chi connectivity index (χ3v) is 3.10. The number of hydrogen-bond acceptors (Lipinski definition) is 4. The number of nitrogens with two attached hydrogens (primary N) is 1. The van der Waals surface area contributed by atoms with Crippen molar-refractivity contribution in [1.29, 1.82) is 0 Å². The molecule has 0 unspecified atom stereocenters. The van der Waals surface area contributed by atoms with Gasteiger partial charge in [-0.1, -0.05) is 18.2 Å². The number of oxazole rings is 1. The summed E-state index contributed by atoms with van der Waals surface area (Å²) in [6.45, 7) is 0.697. The van der Waals surface area contributed by atoms with Crippen molar-refractivity contribution in [3.63, 3.8) is 0 Å². The Morgan fingerprint density at radius 1 is 1.39 bits per heavy atom. The van der Waals surface area contributed by atoms with Crippen molar-refractivity contribution in [2.45, 2.75) is 12.8 Å². The number of nitrogen functional groups attached to an aromatic ring is 1. The number of nitrogens with zero attached hydrogens (tertiary/aromatic N) is 2. The maximum atomic E-state index is 12.3. The molecule has 1 amide bonds. The van der Waals surface area contributed by atoms with Gasteiger partial charge in [0.05, 0.1) is 0 Å². The van der Waals surface area contributed by atoms with Gasteiger partial charge in [-0.15, -0.1) is 0 Å². The van der Waals surface area contributed by atoms with Crippen molar-refractivity contribution in [3.05, 3.63) is 41.8 Å². The molecule has 0 radical (unpaired) electrons. The van der Waals surface area contributed by atoms with Crippen molar-refractivity contribution in [2.24, 2.45) is 0 Å². The molecule has 0 saturated carbocycles. The summed E-state index contributed by atoms with van der Waals surface area (Å²) in [5, 5.41) is 0. The first-order valence-corrected chi connectivity index (χ1v) is 5.86. The number of aryl methyl sites for hydroxylation is 1. The van der Waals surface area contributed by atoms with Crippen LogP contribution in [0.15, 0.2) is 34.9 Å². The molecule has 5 heteroatoms. The number of carbonyl (C=O) groups excluding carboxylic acids is 1. The third kappa shape index (κ3) is 1.73. The fourth-order valence-corrected chi connectivity index (χ4v) is 2.27. The monoisotopic (exact) mass is 243 g/mol. The van der Waals surface area contributed by atoms with Crippen molar-refractivity contribution >= 4 is 17.6 Å². The number of amides is 1. The summed E-state index contributed by atoms with van der Waals surface area (Å²) in [6, 6.07) is 7.94. The van der Waals surface area contributed by atoms with Crippen LogP contribution in [0.1, 0.15) is 22.5 Å². The van der Waals surface area contributed by atoms with Crippen LogP contribution in [0.2, 0.25) is 0 Å². The van der Waals surface area contributed by atoms with Crippen LogP contribution in [0.3, 0.4) is 0 Å². The molecular weight excluding hydrogens is 230 g/mol. The zero-order valence-electron chi connectivity index (χ0n) is 9.80. The molecule has 0 fully saturated rings. The Morgan fingerprint density at radius 3 is 3.00 bits per heavy atom.